The number of aliphatic hydroxyl groups excluding tert-OH is 1. The summed E-state index contributed by atoms with van der Waals surface area (Å²) >= 11 is 13.9. The molecule has 2 aliphatic heterocycles. The maximum absolute atomic E-state index is 11.4. The molecule has 2 aliphatic rings. The predicted octanol–water partition coefficient (Wildman–Crippen LogP) is 7.78. The van der Waals surface area contributed by atoms with Crippen LogP contribution in [0.2, 0.25) is 10.0 Å². The number of hydrogen-bond acceptors (Lipinski definition) is 8. The van der Waals surface area contributed by atoms with Gasteiger partial charge in [0.25, 0.3) is 0 Å². The smallest absolute Gasteiger partial charge is 0.307 e. The van der Waals surface area contributed by atoms with Crippen molar-refractivity contribution in [2.24, 2.45) is 5.92 Å². The highest BCUT2D eigenvalue weighted by Gasteiger charge is 2.28. The summed E-state index contributed by atoms with van der Waals surface area (Å²) < 4.78 is 6.26. The highest BCUT2D eigenvalue weighted by molar-refractivity contribution is 6.35. The number of pyridine rings is 2. The van der Waals surface area contributed by atoms with Gasteiger partial charge in [-0.1, -0.05) is 53.5 Å². The molecule has 2 N–H and O–H groups in total. The average Bonchev–Trinajstić information content (AvgIpc) is 3.86. The fraction of sp³-hybridized carbons (Fsp3) is 0.300. The molecule has 0 amide bonds. The van der Waals surface area contributed by atoms with Gasteiger partial charge in [0.2, 0.25) is 5.89 Å². The van der Waals surface area contributed by atoms with E-state index < -0.39 is 5.97 Å². The quantitative estimate of drug-likeness (QED) is 0.154. The molecule has 8 rings (SSSR count). The van der Waals surface area contributed by atoms with E-state index in [0.717, 1.165) is 81.6 Å². The first-order chi connectivity index (χ1) is 24.7. The zero-order valence-electron chi connectivity index (χ0n) is 28.1. The summed E-state index contributed by atoms with van der Waals surface area (Å²) in [5.74, 6) is -0.619. The number of hydrogen-bond donors (Lipinski definition) is 2. The number of rotatable bonds is 9. The van der Waals surface area contributed by atoms with Crippen molar-refractivity contribution in [1.29, 1.82) is 0 Å². The fourth-order valence-corrected chi connectivity index (χ4v) is 8.12. The molecule has 2 fully saturated rings. The minimum atomic E-state index is -0.748. The largest absolute Gasteiger partial charge is 0.481 e. The lowest BCUT2D eigenvalue weighted by molar-refractivity contribution is -0.141. The number of carbonyl (C=O) groups is 1. The van der Waals surface area contributed by atoms with Crippen LogP contribution in [0.25, 0.3) is 44.6 Å². The number of β-amino-alcohol motifs (C(OH)–C–C–N with tert-alkyl or cyclic N) is 1. The summed E-state index contributed by atoms with van der Waals surface area (Å²) in [6.07, 6.45) is 5.46. The summed E-state index contributed by atoms with van der Waals surface area (Å²) in [4.78, 5) is 30.2. The number of carboxylic acid groups (broad SMARTS) is 1. The van der Waals surface area contributed by atoms with Crippen LogP contribution in [0.1, 0.15) is 40.8 Å². The van der Waals surface area contributed by atoms with Gasteiger partial charge in [-0.3, -0.25) is 24.6 Å². The highest BCUT2D eigenvalue weighted by atomic mass is 35.5. The molecule has 0 saturated carbocycles. The van der Waals surface area contributed by atoms with E-state index in [-0.39, 0.29) is 12.0 Å². The molecule has 6 aromatic rings. The van der Waals surface area contributed by atoms with Crippen molar-refractivity contribution in [1.82, 2.24) is 24.8 Å². The SMILES string of the molecule is Cc1c(-c2nc3cc(CN4CC[C@@H](C(=O)O)C4)cc(Cl)c3o2)cccc1-c1cccc(Cc2nccc3cc(CN4CC[C@@H](O)C4)cnc23)c1Cl. The highest BCUT2D eigenvalue weighted by Crippen LogP contribution is 2.39. The fourth-order valence-electron chi connectivity index (χ4n) is 7.55. The van der Waals surface area contributed by atoms with Gasteiger partial charge in [-0.25, -0.2) is 4.98 Å². The van der Waals surface area contributed by atoms with Crippen LogP contribution in [0.3, 0.4) is 0 Å². The number of nitrogens with zero attached hydrogens (tertiary/aromatic N) is 5. The maximum Gasteiger partial charge on any atom is 0.307 e. The number of aromatic nitrogens is 3. The maximum atomic E-state index is 11.4. The number of fused-ring (bicyclic) bond motifs is 2. The molecular weight excluding hydrogens is 685 g/mol. The lowest BCUT2D eigenvalue weighted by Crippen LogP contribution is -2.22. The molecule has 0 aliphatic carbocycles. The van der Waals surface area contributed by atoms with Gasteiger partial charge >= 0.3 is 5.97 Å². The second-order valence-electron chi connectivity index (χ2n) is 13.8. The molecule has 0 unspecified atom stereocenters. The van der Waals surface area contributed by atoms with E-state index in [4.69, 9.17) is 42.6 Å². The van der Waals surface area contributed by atoms with Crippen molar-refractivity contribution in [2.45, 2.75) is 45.4 Å². The van der Waals surface area contributed by atoms with Crippen LogP contribution in [0, 0.1) is 12.8 Å². The van der Waals surface area contributed by atoms with E-state index in [1.807, 2.05) is 67.8 Å². The van der Waals surface area contributed by atoms with Crippen molar-refractivity contribution in [3.8, 4) is 22.6 Å². The Bertz CT molecular complexity index is 2290. The van der Waals surface area contributed by atoms with Crippen molar-refractivity contribution < 1.29 is 19.4 Å². The Balaban J connectivity index is 1.05. The first-order valence-electron chi connectivity index (χ1n) is 17.2. The minimum Gasteiger partial charge on any atom is -0.481 e. The van der Waals surface area contributed by atoms with E-state index in [2.05, 4.69) is 21.9 Å². The Morgan fingerprint density at radius 3 is 2.49 bits per heavy atom. The summed E-state index contributed by atoms with van der Waals surface area (Å²) in [5, 5.41) is 21.5. The Hall–Kier alpha value is -4.38. The molecular formula is C40H37Cl2N5O4. The number of oxazole rings is 1. The van der Waals surface area contributed by atoms with Crippen LogP contribution in [0.5, 0.6) is 0 Å². The van der Waals surface area contributed by atoms with Crippen molar-refractivity contribution in [3.63, 3.8) is 0 Å². The minimum absolute atomic E-state index is 0.251. The monoisotopic (exact) mass is 721 g/mol. The van der Waals surface area contributed by atoms with Gasteiger partial charge in [-0.15, -0.1) is 0 Å². The Labute approximate surface area is 305 Å². The number of halogens is 2. The number of carboxylic acids is 1. The number of benzene rings is 3. The predicted molar refractivity (Wildman–Crippen MR) is 199 cm³/mol. The third-order valence-electron chi connectivity index (χ3n) is 10.2. The van der Waals surface area contributed by atoms with E-state index in [1.54, 1.807) is 0 Å². The summed E-state index contributed by atoms with van der Waals surface area (Å²) in [6, 6.07) is 20.1. The summed E-state index contributed by atoms with van der Waals surface area (Å²) in [7, 11) is 0. The van der Waals surface area contributed by atoms with Crippen LogP contribution < -0.4 is 0 Å². The van der Waals surface area contributed by atoms with Gasteiger partial charge < -0.3 is 14.6 Å². The lowest BCUT2D eigenvalue weighted by Gasteiger charge is -2.16. The second kappa shape index (κ2) is 14.0. The first-order valence-corrected chi connectivity index (χ1v) is 18.0. The molecule has 0 bridgehead atoms. The third kappa shape index (κ3) is 6.84. The van der Waals surface area contributed by atoms with Gasteiger partial charge in [-0.05, 0) is 84.5 Å². The topological polar surface area (TPSA) is 116 Å². The molecule has 2 atom stereocenters. The summed E-state index contributed by atoms with van der Waals surface area (Å²) in [5.41, 5.74) is 9.59. The zero-order valence-corrected chi connectivity index (χ0v) is 29.7. The van der Waals surface area contributed by atoms with E-state index in [0.29, 0.717) is 59.5 Å². The van der Waals surface area contributed by atoms with E-state index in [1.165, 1.54) is 0 Å². The molecule has 51 heavy (non-hydrogen) atoms. The molecule has 9 nitrogen and oxygen atoms in total. The number of likely N-dealkylation sites (tertiary alicyclic amines) is 2. The molecule has 3 aromatic carbocycles. The molecule has 5 heterocycles. The van der Waals surface area contributed by atoms with Crippen molar-refractivity contribution >= 4 is 51.2 Å². The van der Waals surface area contributed by atoms with Crippen molar-refractivity contribution in [3.05, 3.63) is 111 Å². The van der Waals surface area contributed by atoms with Crippen LogP contribution in [-0.2, 0) is 24.3 Å². The Kier molecular flexibility index (Phi) is 9.25. The van der Waals surface area contributed by atoms with Crippen LogP contribution in [-0.4, -0.2) is 73.2 Å². The molecule has 2 saturated heterocycles. The van der Waals surface area contributed by atoms with Gasteiger partial charge in [0, 0.05) is 68.1 Å². The Morgan fingerprint density at radius 1 is 0.922 bits per heavy atom. The first kappa shape index (κ1) is 33.7. The zero-order chi connectivity index (χ0) is 35.2. The third-order valence-corrected chi connectivity index (χ3v) is 10.9. The molecule has 260 valence electrons. The standard InChI is InChI=1S/C40H37Cl2N5O4/c1-23-30(5-3-6-31(23)39-45-35-16-24(15-33(41)38(35)51-39)19-46-12-9-28(21-46)40(49)50)32-7-2-4-26(36(32)42)17-34-37-27(8-11-43-34)14-25(18-44-37)20-47-13-10-29(48)22-47/h2-8,11,14-16,18,28-29,48H,9-10,12-13,17,19-22H2,1H3,(H,49,50)/t28-,29-/m1/s1. The Morgan fingerprint density at radius 2 is 1.69 bits per heavy atom. The molecule has 3 aromatic heterocycles. The summed E-state index contributed by atoms with van der Waals surface area (Å²) in [6.45, 7) is 6.23. The second-order valence-corrected chi connectivity index (χ2v) is 14.6. The lowest BCUT2D eigenvalue weighted by atomic mass is 9.94. The van der Waals surface area contributed by atoms with Gasteiger partial charge in [0.15, 0.2) is 5.58 Å². The molecule has 0 spiro atoms. The average molecular weight is 723 g/mol. The van der Waals surface area contributed by atoms with E-state index in [9.17, 15) is 15.0 Å². The van der Waals surface area contributed by atoms with Gasteiger partial charge in [-0.2, -0.15) is 0 Å². The van der Waals surface area contributed by atoms with Crippen LogP contribution >= 0.6 is 23.2 Å². The van der Waals surface area contributed by atoms with Crippen LogP contribution in [0.15, 0.2) is 77.5 Å². The van der Waals surface area contributed by atoms with E-state index >= 15 is 0 Å². The normalized spacial score (nSPS) is 18.4. The van der Waals surface area contributed by atoms with Gasteiger partial charge in [0.05, 0.1) is 33.3 Å². The molecule has 11 heteroatoms. The van der Waals surface area contributed by atoms with Crippen molar-refractivity contribution in [2.75, 3.05) is 26.2 Å². The van der Waals surface area contributed by atoms with Crippen LogP contribution in [0.4, 0.5) is 0 Å². The number of aliphatic hydroxyl groups is 1. The number of aliphatic carboxylic acids is 1. The van der Waals surface area contributed by atoms with Gasteiger partial charge in [0.1, 0.15) is 5.52 Å². The molecule has 0 radical (unpaired) electrons.